The molecule has 6 nitrogen and oxygen atoms in total. The number of carbonyl (C=O) groups is 2. The van der Waals surface area contributed by atoms with Crippen LogP contribution in [0, 0.1) is 0 Å². The van der Waals surface area contributed by atoms with Crippen LogP contribution < -0.4 is 19.7 Å². The van der Waals surface area contributed by atoms with E-state index < -0.39 is 12.5 Å². The monoisotopic (exact) mass is 390 g/mol. The van der Waals surface area contributed by atoms with Gasteiger partial charge in [-0.1, -0.05) is 0 Å². The van der Waals surface area contributed by atoms with Gasteiger partial charge in [0.1, 0.15) is 0 Å². The lowest BCUT2D eigenvalue weighted by Gasteiger charge is -2.16. The van der Waals surface area contributed by atoms with Gasteiger partial charge in [-0.25, -0.2) is 0 Å². The Kier molecular flexibility index (Phi) is 6.08. The highest BCUT2D eigenvalue weighted by molar-refractivity contribution is 6.05. The van der Waals surface area contributed by atoms with Crippen LogP contribution in [-0.2, 0) is 4.79 Å². The van der Waals surface area contributed by atoms with Crippen LogP contribution >= 0.6 is 0 Å². The van der Waals surface area contributed by atoms with Crippen LogP contribution in [0.1, 0.15) is 30.1 Å². The summed E-state index contributed by atoms with van der Waals surface area (Å²) in [4.78, 5) is 26.0. The topological polar surface area (TPSA) is 67.9 Å². The summed E-state index contributed by atoms with van der Waals surface area (Å²) in [6.07, 6.45) is 1.39. The van der Waals surface area contributed by atoms with Gasteiger partial charge >= 0.3 is 6.61 Å². The number of rotatable bonds is 7. The predicted octanol–water partition coefficient (Wildman–Crippen LogP) is 4.07. The number of hydrogen-bond acceptors (Lipinski definition) is 4. The molecule has 0 saturated carbocycles. The van der Waals surface area contributed by atoms with Gasteiger partial charge in [0, 0.05) is 29.9 Å². The highest BCUT2D eigenvalue weighted by Gasteiger charge is 2.21. The van der Waals surface area contributed by atoms with Crippen LogP contribution in [0.5, 0.6) is 11.5 Å². The molecule has 0 bridgehead atoms. The molecule has 0 aliphatic carbocycles. The number of ether oxygens (including phenoxy) is 2. The summed E-state index contributed by atoms with van der Waals surface area (Å²) in [5, 5.41) is 2.73. The minimum Gasteiger partial charge on any atom is -0.490 e. The Morgan fingerprint density at radius 3 is 2.54 bits per heavy atom. The average molecular weight is 390 g/mol. The highest BCUT2D eigenvalue weighted by atomic mass is 19.3. The number of halogens is 2. The van der Waals surface area contributed by atoms with Crippen LogP contribution in [0.15, 0.2) is 42.5 Å². The molecule has 1 saturated heterocycles. The summed E-state index contributed by atoms with van der Waals surface area (Å²) >= 11 is 0. The van der Waals surface area contributed by atoms with E-state index in [-0.39, 0.29) is 29.6 Å². The maximum absolute atomic E-state index is 12.5. The van der Waals surface area contributed by atoms with Gasteiger partial charge in [0.15, 0.2) is 11.5 Å². The van der Waals surface area contributed by atoms with Crippen molar-refractivity contribution in [2.75, 3.05) is 23.4 Å². The van der Waals surface area contributed by atoms with E-state index >= 15 is 0 Å². The lowest BCUT2D eigenvalue weighted by molar-refractivity contribution is -0.117. The van der Waals surface area contributed by atoms with Crippen molar-refractivity contribution in [3.63, 3.8) is 0 Å². The number of hydrogen-bond donors (Lipinski definition) is 1. The maximum Gasteiger partial charge on any atom is 0.387 e. The second-order valence-corrected chi connectivity index (χ2v) is 6.12. The third-order valence-electron chi connectivity index (χ3n) is 4.23. The average Bonchev–Trinajstić information content (AvgIpc) is 3.09. The van der Waals surface area contributed by atoms with Crippen LogP contribution in [0.25, 0.3) is 0 Å². The zero-order valence-electron chi connectivity index (χ0n) is 15.3. The first-order chi connectivity index (χ1) is 13.5. The number of alkyl halides is 2. The smallest absolute Gasteiger partial charge is 0.387 e. The molecular weight excluding hydrogens is 370 g/mol. The molecule has 1 heterocycles. The minimum atomic E-state index is -2.99. The standard InChI is InChI=1S/C20H20F2N2O4/c1-2-27-17-12-13(5-10-16(17)28-20(21)22)19(26)23-14-6-8-15(9-7-14)24-11-3-4-18(24)25/h5-10,12,20H,2-4,11H2,1H3,(H,23,26). The fourth-order valence-corrected chi connectivity index (χ4v) is 2.96. The molecule has 2 aromatic carbocycles. The lowest BCUT2D eigenvalue weighted by Crippen LogP contribution is -2.23. The maximum atomic E-state index is 12.5. The predicted molar refractivity (Wildman–Crippen MR) is 100 cm³/mol. The summed E-state index contributed by atoms with van der Waals surface area (Å²) in [7, 11) is 0. The summed E-state index contributed by atoms with van der Waals surface area (Å²) < 4.78 is 34.6. The lowest BCUT2D eigenvalue weighted by atomic mass is 10.1. The Balaban J connectivity index is 1.71. The number of nitrogens with zero attached hydrogens (tertiary/aromatic N) is 1. The van der Waals surface area contributed by atoms with Crippen molar-refractivity contribution in [2.24, 2.45) is 0 Å². The van der Waals surface area contributed by atoms with E-state index in [1.807, 2.05) is 0 Å². The van der Waals surface area contributed by atoms with E-state index in [1.165, 1.54) is 18.2 Å². The number of carbonyl (C=O) groups excluding carboxylic acids is 2. The molecule has 28 heavy (non-hydrogen) atoms. The van der Waals surface area contributed by atoms with E-state index in [2.05, 4.69) is 10.1 Å². The Morgan fingerprint density at radius 2 is 1.93 bits per heavy atom. The van der Waals surface area contributed by atoms with E-state index in [1.54, 1.807) is 36.1 Å². The fraction of sp³-hybridized carbons (Fsp3) is 0.300. The molecule has 0 unspecified atom stereocenters. The van der Waals surface area contributed by atoms with Crippen LogP contribution in [-0.4, -0.2) is 31.6 Å². The quantitative estimate of drug-likeness (QED) is 0.774. The molecule has 0 aromatic heterocycles. The second kappa shape index (κ2) is 8.69. The van der Waals surface area contributed by atoms with Gasteiger partial charge in [0.2, 0.25) is 5.91 Å². The zero-order valence-corrected chi connectivity index (χ0v) is 15.3. The Morgan fingerprint density at radius 1 is 1.18 bits per heavy atom. The van der Waals surface area contributed by atoms with Gasteiger partial charge in [0.05, 0.1) is 6.61 Å². The normalized spacial score (nSPS) is 13.7. The SMILES string of the molecule is CCOc1cc(C(=O)Nc2ccc(N3CCCC3=O)cc2)ccc1OC(F)F. The summed E-state index contributed by atoms with van der Waals surface area (Å²) in [5.74, 6) is -0.396. The third kappa shape index (κ3) is 4.57. The van der Waals surface area contributed by atoms with Crippen LogP contribution in [0.4, 0.5) is 20.2 Å². The third-order valence-corrected chi connectivity index (χ3v) is 4.23. The summed E-state index contributed by atoms with van der Waals surface area (Å²) in [6, 6.07) is 11.0. The van der Waals surface area contributed by atoms with Crippen LogP contribution in [0.2, 0.25) is 0 Å². The molecule has 8 heteroatoms. The Bertz CT molecular complexity index is 856. The molecule has 3 rings (SSSR count). The van der Waals surface area contributed by atoms with Crippen LogP contribution in [0.3, 0.4) is 0 Å². The molecule has 0 radical (unpaired) electrons. The van der Waals surface area contributed by atoms with E-state index in [0.29, 0.717) is 18.7 Å². The van der Waals surface area contributed by atoms with Gasteiger partial charge in [-0.2, -0.15) is 8.78 Å². The molecule has 2 aromatic rings. The molecule has 1 aliphatic rings. The minimum absolute atomic E-state index is 0.0679. The Hall–Kier alpha value is -3.16. The number of nitrogens with one attached hydrogen (secondary N) is 1. The molecular formula is C20H20F2N2O4. The van der Waals surface area contributed by atoms with Crippen molar-refractivity contribution < 1.29 is 27.8 Å². The van der Waals surface area contributed by atoms with Gasteiger partial charge in [0.25, 0.3) is 5.91 Å². The first-order valence-corrected chi connectivity index (χ1v) is 8.91. The molecule has 2 amide bonds. The van der Waals surface area contributed by atoms with Crippen molar-refractivity contribution in [3.8, 4) is 11.5 Å². The van der Waals surface area contributed by atoms with E-state index in [0.717, 1.165) is 12.1 Å². The van der Waals surface area contributed by atoms with Crippen molar-refractivity contribution >= 4 is 23.2 Å². The molecule has 148 valence electrons. The summed E-state index contributed by atoms with van der Waals surface area (Å²) in [6.45, 7) is -0.357. The van der Waals surface area contributed by atoms with Crippen molar-refractivity contribution in [2.45, 2.75) is 26.4 Å². The van der Waals surface area contributed by atoms with Crippen molar-refractivity contribution in [1.82, 2.24) is 0 Å². The Labute approximate surface area is 161 Å². The van der Waals surface area contributed by atoms with Gasteiger partial charge < -0.3 is 19.7 Å². The molecule has 1 aliphatic heterocycles. The summed E-state index contributed by atoms with van der Waals surface area (Å²) in [5.41, 5.74) is 1.57. The van der Waals surface area contributed by atoms with Crippen molar-refractivity contribution in [1.29, 1.82) is 0 Å². The highest BCUT2D eigenvalue weighted by Crippen LogP contribution is 2.30. The number of amides is 2. The molecule has 1 fully saturated rings. The first-order valence-electron chi connectivity index (χ1n) is 8.91. The number of benzene rings is 2. The van der Waals surface area contributed by atoms with Gasteiger partial charge in [-0.05, 0) is 55.8 Å². The molecule has 0 spiro atoms. The number of anilines is 2. The second-order valence-electron chi connectivity index (χ2n) is 6.12. The molecule has 1 N–H and O–H groups in total. The van der Waals surface area contributed by atoms with E-state index in [4.69, 9.17) is 4.74 Å². The van der Waals surface area contributed by atoms with Gasteiger partial charge in [-0.15, -0.1) is 0 Å². The first kappa shape index (κ1) is 19.6. The van der Waals surface area contributed by atoms with E-state index in [9.17, 15) is 18.4 Å². The van der Waals surface area contributed by atoms with Crippen molar-refractivity contribution in [3.05, 3.63) is 48.0 Å². The fourth-order valence-electron chi connectivity index (χ4n) is 2.96. The van der Waals surface area contributed by atoms with Gasteiger partial charge in [-0.3, -0.25) is 9.59 Å². The zero-order chi connectivity index (χ0) is 20.1. The largest absolute Gasteiger partial charge is 0.490 e. The molecule has 0 atom stereocenters.